The van der Waals surface area contributed by atoms with Crippen molar-refractivity contribution in [2.45, 2.75) is 95.3 Å². The van der Waals surface area contributed by atoms with Crippen LogP contribution in [0.2, 0.25) is 0 Å². The Morgan fingerprint density at radius 2 is 1.72 bits per heavy atom. The van der Waals surface area contributed by atoms with E-state index in [1.807, 2.05) is 23.0 Å². The van der Waals surface area contributed by atoms with E-state index in [-0.39, 0.29) is 52.6 Å². The Labute approximate surface area is 327 Å². The molecule has 0 spiro atoms. The molecule has 57 heavy (non-hydrogen) atoms. The number of nitrogens with zero attached hydrogens (tertiary/aromatic N) is 6. The number of piperidine rings is 2. The van der Waals surface area contributed by atoms with E-state index in [1.165, 1.54) is 44.2 Å². The van der Waals surface area contributed by atoms with Crippen LogP contribution in [0.1, 0.15) is 117 Å². The zero-order valence-corrected chi connectivity index (χ0v) is 32.3. The van der Waals surface area contributed by atoms with E-state index < -0.39 is 30.0 Å². The second-order valence-corrected chi connectivity index (χ2v) is 16.4. The quantitative estimate of drug-likeness (QED) is 0.153. The van der Waals surface area contributed by atoms with Gasteiger partial charge in [0.05, 0.1) is 34.0 Å². The lowest BCUT2D eigenvalue weighted by Crippen LogP contribution is -2.44. The van der Waals surface area contributed by atoms with Crippen LogP contribution in [0.15, 0.2) is 59.5 Å². The lowest BCUT2D eigenvalue weighted by atomic mass is 9.84. The molecule has 2 N–H and O–H groups in total. The molecular formula is C42H47F3N8O4. The number of aryl methyl sites for hydroxylation is 1. The van der Waals surface area contributed by atoms with Crippen LogP contribution in [0.5, 0.6) is 0 Å². The van der Waals surface area contributed by atoms with E-state index in [9.17, 15) is 32.3 Å². The summed E-state index contributed by atoms with van der Waals surface area (Å²) in [4.78, 5) is 57.6. The first-order valence-electron chi connectivity index (χ1n) is 19.8. The SMILES string of the molecule is Cn1c(=O)n(C2CCC(=O)NC2=O)c2cccc(C3CCN(CC4CCC(n5cc6cc(NC(=O)c7cccc(C(C)(C)F)n7)c(C(F)F)cc6n5)CC4)CC3)c21. The van der Waals surface area contributed by atoms with E-state index in [0.717, 1.165) is 74.8 Å². The fourth-order valence-electron chi connectivity index (χ4n) is 9.07. The van der Waals surface area contributed by atoms with Crippen molar-refractivity contribution in [1.82, 2.24) is 34.1 Å². The minimum absolute atomic E-state index is 0.0346. The van der Waals surface area contributed by atoms with Crippen LogP contribution in [0.25, 0.3) is 21.9 Å². The van der Waals surface area contributed by atoms with Crippen molar-refractivity contribution in [2.24, 2.45) is 13.0 Å². The smallest absolute Gasteiger partial charge is 0.320 e. The molecule has 2 aromatic carbocycles. The number of hydrogen-bond donors (Lipinski definition) is 2. The van der Waals surface area contributed by atoms with Crippen molar-refractivity contribution in [3.63, 3.8) is 0 Å². The van der Waals surface area contributed by atoms with Crippen LogP contribution >= 0.6 is 0 Å². The molecule has 1 unspecified atom stereocenters. The van der Waals surface area contributed by atoms with E-state index in [4.69, 9.17) is 5.10 Å². The molecule has 12 nitrogen and oxygen atoms in total. The van der Waals surface area contributed by atoms with Crippen LogP contribution < -0.4 is 16.3 Å². The number of pyridine rings is 1. The monoisotopic (exact) mass is 784 g/mol. The second-order valence-electron chi connectivity index (χ2n) is 16.4. The fraction of sp³-hybridized carbons (Fsp3) is 0.476. The van der Waals surface area contributed by atoms with Gasteiger partial charge in [0.1, 0.15) is 17.4 Å². The normalized spacial score (nSPS) is 21.4. The highest BCUT2D eigenvalue weighted by Gasteiger charge is 2.33. The summed E-state index contributed by atoms with van der Waals surface area (Å²) in [6.07, 6.45) is 5.26. The number of carbonyl (C=O) groups is 3. The summed E-state index contributed by atoms with van der Waals surface area (Å²) in [6.45, 7) is 5.54. The molecule has 5 heterocycles. The highest BCUT2D eigenvalue weighted by Crippen LogP contribution is 2.38. The molecule has 15 heteroatoms. The number of anilines is 1. The van der Waals surface area contributed by atoms with Gasteiger partial charge in [0.25, 0.3) is 12.3 Å². The Kier molecular flexibility index (Phi) is 10.3. The lowest BCUT2D eigenvalue weighted by Gasteiger charge is -2.37. The van der Waals surface area contributed by atoms with E-state index in [1.54, 1.807) is 16.2 Å². The number of rotatable bonds is 9. The Bertz CT molecular complexity index is 2420. The van der Waals surface area contributed by atoms with Gasteiger partial charge in [0, 0.05) is 37.2 Å². The number of halogens is 3. The summed E-state index contributed by atoms with van der Waals surface area (Å²) in [6, 6.07) is 12.6. The Morgan fingerprint density at radius 3 is 2.42 bits per heavy atom. The summed E-state index contributed by atoms with van der Waals surface area (Å²) in [5.41, 5.74) is 0.712. The number of aromatic nitrogens is 5. The van der Waals surface area contributed by atoms with Crippen molar-refractivity contribution in [1.29, 1.82) is 0 Å². The van der Waals surface area contributed by atoms with Gasteiger partial charge in [-0.3, -0.25) is 33.5 Å². The minimum atomic E-state index is -2.85. The molecule has 2 saturated heterocycles. The summed E-state index contributed by atoms with van der Waals surface area (Å²) in [7, 11) is 1.75. The number of nitrogens with one attached hydrogen (secondary N) is 2. The summed E-state index contributed by atoms with van der Waals surface area (Å²) in [5.74, 6) is -0.657. The third kappa shape index (κ3) is 7.61. The molecular weight excluding hydrogens is 738 g/mol. The van der Waals surface area contributed by atoms with E-state index in [0.29, 0.717) is 23.2 Å². The topological polar surface area (TPSA) is 136 Å². The van der Waals surface area contributed by atoms with Gasteiger partial charge >= 0.3 is 5.69 Å². The molecule has 3 aliphatic rings. The first-order chi connectivity index (χ1) is 27.2. The van der Waals surface area contributed by atoms with Crippen molar-refractivity contribution >= 4 is 45.3 Å². The lowest BCUT2D eigenvalue weighted by molar-refractivity contribution is -0.135. The summed E-state index contributed by atoms with van der Waals surface area (Å²) in [5, 5.41) is 10.3. The van der Waals surface area contributed by atoms with Gasteiger partial charge in [-0.1, -0.05) is 18.2 Å². The number of hydrogen-bond acceptors (Lipinski definition) is 7. The van der Waals surface area contributed by atoms with Crippen molar-refractivity contribution in [2.75, 3.05) is 25.0 Å². The Balaban J connectivity index is 0.887. The molecule has 0 radical (unpaired) electrons. The first-order valence-corrected chi connectivity index (χ1v) is 19.8. The number of carbonyl (C=O) groups excluding carboxylic acids is 3. The molecule has 1 aliphatic carbocycles. The third-order valence-electron chi connectivity index (χ3n) is 12.2. The van der Waals surface area contributed by atoms with Gasteiger partial charge in [-0.25, -0.2) is 22.9 Å². The van der Waals surface area contributed by atoms with Gasteiger partial charge < -0.3 is 10.2 Å². The number of benzene rings is 2. The number of amides is 3. The minimum Gasteiger partial charge on any atom is -0.320 e. The van der Waals surface area contributed by atoms with Crippen molar-refractivity contribution < 1.29 is 27.6 Å². The second kappa shape index (κ2) is 15.2. The molecule has 5 aromatic rings. The average Bonchev–Trinajstić information content (AvgIpc) is 3.72. The molecule has 1 atom stereocenters. The third-order valence-corrected chi connectivity index (χ3v) is 12.2. The van der Waals surface area contributed by atoms with Crippen LogP contribution in [0, 0.1) is 5.92 Å². The van der Waals surface area contributed by atoms with Crippen LogP contribution in [0.4, 0.5) is 18.9 Å². The predicted octanol–water partition coefficient (Wildman–Crippen LogP) is 7.07. The number of para-hydroxylation sites is 1. The number of alkyl halides is 3. The highest BCUT2D eigenvalue weighted by molar-refractivity contribution is 6.04. The van der Waals surface area contributed by atoms with Crippen LogP contribution in [0.3, 0.4) is 0 Å². The van der Waals surface area contributed by atoms with Crippen molar-refractivity contribution in [3.05, 3.63) is 87.7 Å². The molecule has 300 valence electrons. The molecule has 3 aromatic heterocycles. The Hall–Kier alpha value is -5.31. The molecule has 0 bridgehead atoms. The molecule has 1 saturated carbocycles. The number of fused-ring (bicyclic) bond motifs is 2. The van der Waals surface area contributed by atoms with Crippen molar-refractivity contribution in [3.8, 4) is 0 Å². The summed E-state index contributed by atoms with van der Waals surface area (Å²) >= 11 is 0. The molecule has 8 rings (SSSR count). The van der Waals surface area contributed by atoms with E-state index >= 15 is 0 Å². The van der Waals surface area contributed by atoms with Gasteiger partial charge in [0.15, 0.2) is 0 Å². The first kappa shape index (κ1) is 38.6. The molecule has 2 aliphatic heterocycles. The fourth-order valence-corrected chi connectivity index (χ4v) is 9.07. The van der Waals surface area contributed by atoms with Gasteiger partial charge in [-0.15, -0.1) is 0 Å². The number of imidazole rings is 1. The number of likely N-dealkylation sites (tertiary alicyclic amines) is 1. The maximum atomic E-state index is 14.5. The molecule has 3 fully saturated rings. The largest absolute Gasteiger partial charge is 0.329 e. The van der Waals surface area contributed by atoms with E-state index in [2.05, 4.69) is 26.6 Å². The molecule has 3 amide bonds. The highest BCUT2D eigenvalue weighted by atomic mass is 19.3. The summed E-state index contributed by atoms with van der Waals surface area (Å²) < 4.78 is 48.0. The average molecular weight is 785 g/mol. The predicted molar refractivity (Wildman–Crippen MR) is 209 cm³/mol. The van der Waals surface area contributed by atoms with Gasteiger partial charge in [0.2, 0.25) is 11.8 Å². The number of imide groups is 1. The maximum absolute atomic E-state index is 14.5. The van der Waals surface area contributed by atoms with Gasteiger partial charge in [-0.2, -0.15) is 5.10 Å². The zero-order chi connectivity index (χ0) is 40.2. The van der Waals surface area contributed by atoms with Crippen LogP contribution in [-0.2, 0) is 22.3 Å². The van der Waals surface area contributed by atoms with Crippen LogP contribution in [-0.4, -0.2) is 66.2 Å². The maximum Gasteiger partial charge on any atom is 0.329 e. The van der Waals surface area contributed by atoms with Gasteiger partial charge in [-0.05, 0) is 120 Å². The standard InChI is InChI=1S/C42H47F3N8O4/c1-42(2,45)35-9-5-7-30(46-35)39(55)47-32-20-26-23-52(49-31(26)21-29(32)38(43)44)27-12-10-24(11-13-27)22-51-18-16-25(17-19-51)28-6-4-8-33-37(28)50(3)41(57)53(33)34-14-15-36(54)48-40(34)56/h4-9,20-21,23-25,27,34,38H,10-19,22H2,1-3H3,(H,47,55)(H,48,54,56). The Morgan fingerprint density at radius 1 is 0.982 bits per heavy atom. The zero-order valence-electron chi connectivity index (χ0n) is 32.3.